The van der Waals surface area contributed by atoms with Gasteiger partial charge in [0.25, 0.3) is 0 Å². The Morgan fingerprint density at radius 3 is 2.85 bits per heavy atom. The Morgan fingerprint density at radius 1 is 1.45 bits per heavy atom. The molecule has 0 aliphatic rings. The van der Waals surface area contributed by atoms with Gasteiger partial charge in [-0.1, -0.05) is 0 Å². The zero-order valence-corrected chi connectivity index (χ0v) is 11.5. The summed E-state index contributed by atoms with van der Waals surface area (Å²) in [7, 11) is 3.27. The predicted molar refractivity (Wildman–Crippen MR) is 74.2 cm³/mol. The average molecular weight is 277 g/mol. The van der Waals surface area contributed by atoms with Crippen LogP contribution in [0.4, 0.5) is 10.5 Å². The van der Waals surface area contributed by atoms with Crippen LogP contribution in [0.2, 0.25) is 0 Å². The highest BCUT2D eigenvalue weighted by atomic mass is 16.6. The van der Waals surface area contributed by atoms with Gasteiger partial charge in [-0.3, -0.25) is 0 Å². The fraction of sp³-hybridized carbons (Fsp3) is 0.308. The van der Waals surface area contributed by atoms with Crippen molar-refractivity contribution in [2.24, 2.45) is 0 Å². The van der Waals surface area contributed by atoms with Gasteiger partial charge < -0.3 is 19.4 Å². The van der Waals surface area contributed by atoms with E-state index in [1.165, 1.54) is 4.90 Å². The van der Waals surface area contributed by atoms with Crippen molar-refractivity contribution in [1.29, 1.82) is 0 Å². The minimum Gasteiger partial charge on any atom is -0.450 e. The lowest BCUT2D eigenvalue weighted by Crippen LogP contribution is -2.27. The van der Waals surface area contributed by atoms with E-state index in [0.717, 1.165) is 0 Å². The van der Waals surface area contributed by atoms with Gasteiger partial charge in [-0.2, -0.15) is 4.98 Å². The number of carbonyl (C=O) groups excluding carboxylic acids is 1. The van der Waals surface area contributed by atoms with Gasteiger partial charge in [-0.05, 0) is 25.1 Å². The fourth-order valence-corrected chi connectivity index (χ4v) is 1.55. The smallest absolute Gasteiger partial charge is 0.397 e. The summed E-state index contributed by atoms with van der Waals surface area (Å²) in [6.07, 6.45) is -0.0823. The SMILES string of the molecule is CCOc1nc2cc(NC(=O)N(C)C)ccc2c(=O)o1. The topological polar surface area (TPSA) is 84.7 Å². The number of hydrogen-bond donors (Lipinski definition) is 1. The summed E-state index contributed by atoms with van der Waals surface area (Å²) >= 11 is 0. The molecule has 1 aromatic heterocycles. The molecule has 2 aromatic rings. The van der Waals surface area contributed by atoms with Crippen LogP contribution in [0.1, 0.15) is 6.92 Å². The second-order valence-electron chi connectivity index (χ2n) is 4.26. The molecular formula is C13H15N3O4. The van der Waals surface area contributed by atoms with Crippen molar-refractivity contribution in [3.05, 3.63) is 28.6 Å². The molecule has 20 heavy (non-hydrogen) atoms. The van der Waals surface area contributed by atoms with Crippen LogP contribution >= 0.6 is 0 Å². The lowest BCUT2D eigenvalue weighted by molar-refractivity contribution is 0.229. The van der Waals surface area contributed by atoms with Crippen LogP contribution in [0, 0.1) is 0 Å². The minimum atomic E-state index is -0.524. The molecule has 7 heteroatoms. The van der Waals surface area contributed by atoms with E-state index in [1.807, 2.05) is 0 Å². The van der Waals surface area contributed by atoms with Gasteiger partial charge in [0.1, 0.15) is 0 Å². The molecule has 2 rings (SSSR count). The molecule has 0 aliphatic carbocycles. The third-order valence-electron chi connectivity index (χ3n) is 2.53. The molecule has 106 valence electrons. The van der Waals surface area contributed by atoms with E-state index in [0.29, 0.717) is 23.2 Å². The van der Waals surface area contributed by atoms with Gasteiger partial charge >= 0.3 is 17.7 Å². The molecule has 0 atom stereocenters. The van der Waals surface area contributed by atoms with Crippen LogP contribution in [-0.4, -0.2) is 36.6 Å². The fourth-order valence-electron chi connectivity index (χ4n) is 1.55. The standard InChI is InChI=1S/C13H15N3O4/c1-4-19-13-15-10-7-8(14-12(18)16(2)3)5-6-9(10)11(17)20-13/h5-7H,4H2,1-3H3,(H,14,18). The van der Waals surface area contributed by atoms with E-state index in [9.17, 15) is 9.59 Å². The lowest BCUT2D eigenvalue weighted by atomic mass is 10.2. The van der Waals surface area contributed by atoms with Gasteiger partial charge in [-0.25, -0.2) is 9.59 Å². The van der Waals surface area contributed by atoms with Gasteiger partial charge in [0.05, 0.1) is 17.5 Å². The van der Waals surface area contributed by atoms with E-state index in [4.69, 9.17) is 9.15 Å². The number of benzene rings is 1. The summed E-state index contributed by atoms with van der Waals surface area (Å²) in [5.41, 5.74) is 0.418. The normalized spacial score (nSPS) is 10.3. The number of carbonyl (C=O) groups is 1. The van der Waals surface area contributed by atoms with Gasteiger partial charge in [-0.15, -0.1) is 0 Å². The van der Waals surface area contributed by atoms with E-state index in [1.54, 1.807) is 39.2 Å². The number of anilines is 1. The second-order valence-corrected chi connectivity index (χ2v) is 4.26. The Hall–Kier alpha value is -2.57. The molecule has 0 radical (unpaired) electrons. The molecule has 0 spiro atoms. The van der Waals surface area contributed by atoms with Crippen molar-refractivity contribution in [1.82, 2.24) is 9.88 Å². The Bertz CT molecular complexity index is 694. The molecule has 7 nitrogen and oxygen atoms in total. The molecule has 1 heterocycles. The number of fused-ring (bicyclic) bond motifs is 1. The predicted octanol–water partition coefficient (Wildman–Crippen LogP) is 1.68. The first kappa shape index (κ1) is 13.9. The van der Waals surface area contributed by atoms with E-state index < -0.39 is 5.63 Å². The summed E-state index contributed by atoms with van der Waals surface area (Å²) in [6, 6.07) is 4.49. The maximum atomic E-state index is 11.7. The van der Waals surface area contributed by atoms with Crippen molar-refractivity contribution in [3.8, 4) is 6.08 Å². The molecular weight excluding hydrogens is 262 g/mol. The minimum absolute atomic E-state index is 0.0823. The highest BCUT2D eigenvalue weighted by molar-refractivity contribution is 5.92. The molecule has 0 bridgehead atoms. The van der Waals surface area contributed by atoms with Crippen LogP contribution in [-0.2, 0) is 0 Å². The number of hydrogen-bond acceptors (Lipinski definition) is 5. The zero-order chi connectivity index (χ0) is 14.7. The summed E-state index contributed by atoms with van der Waals surface area (Å²) in [6.45, 7) is 2.11. The first-order chi connectivity index (χ1) is 9.51. The number of urea groups is 1. The quantitative estimate of drug-likeness (QED) is 0.922. The number of nitrogens with zero attached hydrogens (tertiary/aromatic N) is 2. The Kier molecular flexibility index (Phi) is 3.88. The van der Waals surface area contributed by atoms with Crippen molar-refractivity contribution in [2.45, 2.75) is 6.92 Å². The van der Waals surface area contributed by atoms with Crippen LogP contribution in [0.5, 0.6) is 6.08 Å². The average Bonchev–Trinajstić information content (AvgIpc) is 2.38. The van der Waals surface area contributed by atoms with Crippen molar-refractivity contribution < 1.29 is 13.9 Å². The van der Waals surface area contributed by atoms with Gasteiger partial charge in [0, 0.05) is 19.8 Å². The zero-order valence-electron chi connectivity index (χ0n) is 11.5. The molecule has 2 amide bonds. The van der Waals surface area contributed by atoms with Crippen molar-refractivity contribution in [3.63, 3.8) is 0 Å². The van der Waals surface area contributed by atoms with E-state index in [-0.39, 0.29) is 12.1 Å². The molecule has 0 aliphatic heterocycles. The molecule has 1 aromatic carbocycles. The first-order valence-corrected chi connectivity index (χ1v) is 6.07. The van der Waals surface area contributed by atoms with Crippen LogP contribution < -0.4 is 15.7 Å². The highest BCUT2D eigenvalue weighted by Gasteiger charge is 2.09. The Morgan fingerprint density at radius 2 is 2.20 bits per heavy atom. The number of nitrogens with one attached hydrogen (secondary N) is 1. The molecule has 0 saturated carbocycles. The van der Waals surface area contributed by atoms with E-state index >= 15 is 0 Å². The van der Waals surface area contributed by atoms with Crippen LogP contribution in [0.15, 0.2) is 27.4 Å². The van der Waals surface area contributed by atoms with Crippen LogP contribution in [0.25, 0.3) is 10.9 Å². The molecule has 0 saturated heterocycles. The third-order valence-corrected chi connectivity index (χ3v) is 2.53. The molecule has 1 N–H and O–H groups in total. The summed E-state index contributed by atoms with van der Waals surface area (Å²) < 4.78 is 9.99. The number of aromatic nitrogens is 1. The second kappa shape index (κ2) is 5.60. The van der Waals surface area contributed by atoms with Gasteiger partial charge in [0.2, 0.25) is 0 Å². The Balaban J connectivity index is 2.41. The van der Waals surface area contributed by atoms with Crippen LogP contribution in [0.3, 0.4) is 0 Å². The third kappa shape index (κ3) is 2.87. The van der Waals surface area contributed by atoms with E-state index in [2.05, 4.69) is 10.3 Å². The highest BCUT2D eigenvalue weighted by Crippen LogP contribution is 2.17. The lowest BCUT2D eigenvalue weighted by Gasteiger charge is -2.12. The number of ether oxygens (including phenoxy) is 1. The summed E-state index contributed by atoms with van der Waals surface area (Å²) in [5, 5.41) is 3.01. The maximum Gasteiger partial charge on any atom is 0.397 e. The first-order valence-electron chi connectivity index (χ1n) is 6.07. The largest absolute Gasteiger partial charge is 0.450 e. The van der Waals surface area contributed by atoms with Gasteiger partial charge in [0.15, 0.2) is 0 Å². The number of amides is 2. The summed E-state index contributed by atoms with van der Waals surface area (Å²) in [5.74, 6) is 0. The van der Waals surface area contributed by atoms with Crippen molar-refractivity contribution >= 4 is 22.6 Å². The van der Waals surface area contributed by atoms with Crippen molar-refractivity contribution in [2.75, 3.05) is 26.0 Å². The number of rotatable bonds is 3. The monoisotopic (exact) mass is 277 g/mol. The molecule has 0 unspecified atom stereocenters. The maximum absolute atomic E-state index is 11.7. The Labute approximate surface area is 115 Å². The summed E-state index contributed by atoms with van der Waals surface area (Å²) in [4.78, 5) is 28.8. The molecule has 0 fully saturated rings.